The summed E-state index contributed by atoms with van der Waals surface area (Å²) < 4.78 is 14.9. The number of hydrogen-bond donors (Lipinski definition) is 5. The minimum Gasteiger partial charge on any atom is -0.479 e. The van der Waals surface area contributed by atoms with E-state index in [4.69, 9.17) is 20.3 Å². The van der Waals surface area contributed by atoms with Crippen LogP contribution in [-0.2, 0) is 30.4 Å². The third-order valence-electron chi connectivity index (χ3n) is 3.90. The molecule has 11 heteroatoms. The van der Waals surface area contributed by atoms with Crippen molar-refractivity contribution in [3.8, 4) is 0 Å². The number of primary amides is 1. The fraction of sp³-hybridized carbons (Fsp3) is 0.471. The molecule has 3 unspecified atom stereocenters. The number of nitrogens with one attached hydrogen (secondary N) is 1. The van der Waals surface area contributed by atoms with Gasteiger partial charge >= 0.3 is 12.1 Å². The molecule has 1 aliphatic heterocycles. The van der Waals surface area contributed by atoms with Crippen LogP contribution in [0, 0.1) is 0 Å². The van der Waals surface area contributed by atoms with Gasteiger partial charge in [-0.2, -0.15) is 0 Å². The van der Waals surface area contributed by atoms with Crippen LogP contribution >= 0.6 is 0 Å². The second-order valence-electron chi connectivity index (χ2n) is 6.11. The minimum absolute atomic E-state index is 0.0210. The maximum absolute atomic E-state index is 11.9. The van der Waals surface area contributed by atoms with E-state index in [0.717, 1.165) is 0 Å². The minimum atomic E-state index is -1.50. The first-order chi connectivity index (χ1) is 13.3. The highest BCUT2D eigenvalue weighted by atomic mass is 16.7. The molecule has 0 aromatic heterocycles. The van der Waals surface area contributed by atoms with Gasteiger partial charge in [-0.25, -0.2) is 9.59 Å². The first-order valence-corrected chi connectivity index (χ1v) is 8.43. The van der Waals surface area contributed by atoms with Crippen molar-refractivity contribution in [2.75, 3.05) is 11.9 Å². The van der Waals surface area contributed by atoms with E-state index in [9.17, 15) is 24.6 Å². The molecule has 0 radical (unpaired) electrons. The SMILES string of the molecule is NC(=O)OCc1ccc(NC(=O)CCOC2O[C@H](C(=O)O)C(O)CC2O)cc1. The number of benzene rings is 1. The summed E-state index contributed by atoms with van der Waals surface area (Å²) in [6, 6.07) is 6.54. The number of ether oxygens (including phenoxy) is 3. The zero-order valence-corrected chi connectivity index (χ0v) is 14.8. The van der Waals surface area contributed by atoms with E-state index >= 15 is 0 Å². The molecule has 1 saturated heterocycles. The maximum Gasteiger partial charge on any atom is 0.404 e. The van der Waals surface area contributed by atoms with Crippen molar-refractivity contribution in [1.82, 2.24) is 0 Å². The summed E-state index contributed by atoms with van der Waals surface area (Å²) in [4.78, 5) is 33.5. The average Bonchev–Trinajstić information content (AvgIpc) is 2.62. The molecule has 154 valence electrons. The molecule has 2 rings (SSSR count). The van der Waals surface area contributed by atoms with Crippen LogP contribution in [-0.4, -0.2) is 64.5 Å². The Balaban J connectivity index is 1.75. The summed E-state index contributed by atoms with van der Waals surface area (Å²) in [5, 5.41) is 31.0. The zero-order valence-electron chi connectivity index (χ0n) is 14.8. The highest BCUT2D eigenvalue weighted by Gasteiger charge is 2.40. The molecule has 0 saturated carbocycles. The Bertz CT molecular complexity index is 694. The van der Waals surface area contributed by atoms with Crippen LogP contribution in [0.25, 0.3) is 0 Å². The predicted octanol–water partition coefficient (Wildman–Crippen LogP) is -0.451. The van der Waals surface area contributed by atoms with Crippen LogP contribution in [0.5, 0.6) is 0 Å². The lowest BCUT2D eigenvalue weighted by molar-refractivity contribution is -0.264. The summed E-state index contributed by atoms with van der Waals surface area (Å²) in [5.41, 5.74) is 6.08. The quantitative estimate of drug-likeness (QED) is 0.388. The first-order valence-electron chi connectivity index (χ1n) is 8.43. The molecule has 28 heavy (non-hydrogen) atoms. The van der Waals surface area contributed by atoms with Gasteiger partial charge < -0.3 is 40.6 Å². The molecule has 0 spiro atoms. The number of rotatable bonds is 8. The number of amides is 2. The fourth-order valence-electron chi connectivity index (χ4n) is 2.51. The summed E-state index contributed by atoms with van der Waals surface area (Å²) in [7, 11) is 0. The number of hydrogen-bond acceptors (Lipinski definition) is 8. The van der Waals surface area contributed by atoms with Gasteiger partial charge in [0.1, 0.15) is 12.7 Å². The van der Waals surface area contributed by atoms with E-state index in [0.29, 0.717) is 11.3 Å². The van der Waals surface area contributed by atoms with Crippen molar-refractivity contribution in [3.05, 3.63) is 29.8 Å². The summed E-state index contributed by atoms with van der Waals surface area (Å²) in [6.45, 7) is -0.103. The summed E-state index contributed by atoms with van der Waals surface area (Å²) >= 11 is 0. The van der Waals surface area contributed by atoms with Crippen LogP contribution in [0.2, 0.25) is 0 Å². The Morgan fingerprint density at radius 2 is 1.86 bits per heavy atom. The first kappa shape index (κ1) is 21.6. The van der Waals surface area contributed by atoms with Crippen molar-refractivity contribution in [3.63, 3.8) is 0 Å². The fourth-order valence-corrected chi connectivity index (χ4v) is 2.51. The van der Waals surface area contributed by atoms with E-state index in [1.165, 1.54) is 0 Å². The molecule has 6 N–H and O–H groups in total. The van der Waals surface area contributed by atoms with E-state index < -0.39 is 36.7 Å². The lowest BCUT2D eigenvalue weighted by Crippen LogP contribution is -2.51. The van der Waals surface area contributed by atoms with Gasteiger partial charge in [-0.15, -0.1) is 0 Å². The second-order valence-corrected chi connectivity index (χ2v) is 6.11. The van der Waals surface area contributed by atoms with Crippen LogP contribution < -0.4 is 11.1 Å². The number of carboxylic acid groups (broad SMARTS) is 1. The van der Waals surface area contributed by atoms with Crippen molar-refractivity contribution in [2.45, 2.75) is 44.1 Å². The monoisotopic (exact) mass is 398 g/mol. The number of nitrogens with two attached hydrogens (primary N) is 1. The molecule has 1 aromatic rings. The number of anilines is 1. The number of carboxylic acids is 1. The number of aliphatic hydroxyl groups is 2. The topological polar surface area (TPSA) is 178 Å². The van der Waals surface area contributed by atoms with Gasteiger partial charge in [0.05, 0.1) is 19.1 Å². The van der Waals surface area contributed by atoms with Gasteiger partial charge in [-0.1, -0.05) is 12.1 Å². The smallest absolute Gasteiger partial charge is 0.404 e. The molecule has 0 aliphatic carbocycles. The molecular weight excluding hydrogens is 376 g/mol. The number of aliphatic hydroxyl groups excluding tert-OH is 2. The molecule has 2 amide bonds. The van der Waals surface area contributed by atoms with Crippen LogP contribution in [0.15, 0.2) is 24.3 Å². The number of carbonyl (C=O) groups excluding carboxylic acids is 2. The lowest BCUT2D eigenvalue weighted by Gasteiger charge is -2.34. The average molecular weight is 398 g/mol. The van der Waals surface area contributed by atoms with Crippen molar-refractivity contribution in [1.29, 1.82) is 0 Å². The number of aliphatic carboxylic acids is 1. The van der Waals surface area contributed by atoms with Crippen LogP contribution in [0.4, 0.5) is 10.5 Å². The van der Waals surface area contributed by atoms with E-state index in [-0.39, 0.29) is 32.0 Å². The van der Waals surface area contributed by atoms with Gasteiger partial charge in [0.25, 0.3) is 0 Å². The number of carbonyl (C=O) groups is 3. The summed E-state index contributed by atoms with van der Waals surface area (Å²) in [6.07, 6.45) is -6.45. The molecule has 1 aliphatic rings. The highest BCUT2D eigenvalue weighted by Crippen LogP contribution is 2.21. The third-order valence-corrected chi connectivity index (χ3v) is 3.90. The third kappa shape index (κ3) is 6.46. The lowest BCUT2D eigenvalue weighted by atomic mass is 10.0. The summed E-state index contributed by atoms with van der Waals surface area (Å²) in [5.74, 6) is -1.74. The molecule has 11 nitrogen and oxygen atoms in total. The van der Waals surface area contributed by atoms with Crippen LogP contribution in [0.3, 0.4) is 0 Å². The zero-order chi connectivity index (χ0) is 20.7. The van der Waals surface area contributed by atoms with E-state index in [1.807, 2.05) is 0 Å². The van der Waals surface area contributed by atoms with Gasteiger partial charge in [-0.3, -0.25) is 4.79 Å². The van der Waals surface area contributed by atoms with Crippen molar-refractivity contribution in [2.24, 2.45) is 5.73 Å². The van der Waals surface area contributed by atoms with Crippen LogP contribution in [0.1, 0.15) is 18.4 Å². The highest BCUT2D eigenvalue weighted by molar-refractivity contribution is 5.90. The Morgan fingerprint density at radius 3 is 2.46 bits per heavy atom. The molecule has 1 fully saturated rings. The Labute approximate surface area is 160 Å². The standard InChI is InChI=1S/C17H22N2O9/c18-17(25)27-8-9-1-3-10(4-2-9)19-13(22)5-6-26-16-12(21)7-11(20)14(28-16)15(23)24/h1-4,11-12,14,16,20-21H,5-8H2,(H2,18,25)(H,19,22)(H,23,24)/t11?,12?,14-,16?/m0/s1. The second kappa shape index (κ2) is 9.99. The van der Waals surface area contributed by atoms with Crippen molar-refractivity contribution >= 4 is 23.7 Å². The van der Waals surface area contributed by atoms with E-state index in [2.05, 4.69) is 10.1 Å². The van der Waals surface area contributed by atoms with E-state index in [1.54, 1.807) is 24.3 Å². The predicted molar refractivity (Wildman–Crippen MR) is 92.9 cm³/mol. The molecule has 1 heterocycles. The molecule has 1 aromatic carbocycles. The Morgan fingerprint density at radius 1 is 1.18 bits per heavy atom. The molecule has 4 atom stereocenters. The van der Waals surface area contributed by atoms with Crippen molar-refractivity contribution < 1.29 is 43.9 Å². The largest absolute Gasteiger partial charge is 0.479 e. The van der Waals surface area contributed by atoms with Gasteiger partial charge in [0.15, 0.2) is 12.4 Å². The molecule has 0 bridgehead atoms. The normalized spacial score (nSPS) is 24.4. The Hall–Kier alpha value is -2.73. The Kier molecular flexibility index (Phi) is 7.70. The van der Waals surface area contributed by atoms with Gasteiger partial charge in [0, 0.05) is 12.1 Å². The van der Waals surface area contributed by atoms with Gasteiger partial charge in [-0.05, 0) is 17.7 Å². The maximum atomic E-state index is 11.9. The molecular formula is C17H22N2O9. The van der Waals surface area contributed by atoms with Gasteiger partial charge in [0.2, 0.25) is 5.91 Å².